The number of aromatic nitrogens is 2. The number of carbonyl (C=O) groups excluding carboxylic acids is 1. The molecule has 1 aromatic carbocycles. The summed E-state index contributed by atoms with van der Waals surface area (Å²) in [6.45, 7) is 2.24. The molecule has 0 spiro atoms. The molecule has 0 fully saturated rings. The Morgan fingerprint density at radius 2 is 1.95 bits per heavy atom. The first-order valence-corrected chi connectivity index (χ1v) is 6.88. The molecule has 6 heteroatoms. The van der Waals surface area contributed by atoms with Crippen LogP contribution in [0.25, 0.3) is 0 Å². The van der Waals surface area contributed by atoms with E-state index in [0.29, 0.717) is 18.0 Å². The van der Waals surface area contributed by atoms with Crippen LogP contribution in [0.2, 0.25) is 0 Å². The number of hydrogen-bond donors (Lipinski definition) is 2. The average molecular weight is 300 g/mol. The van der Waals surface area contributed by atoms with E-state index in [4.69, 9.17) is 18.0 Å². The molecule has 0 aliphatic carbocycles. The lowest BCUT2D eigenvalue weighted by Crippen LogP contribution is -2.25. The van der Waals surface area contributed by atoms with Gasteiger partial charge in [-0.15, -0.1) is 0 Å². The molecule has 0 aliphatic heterocycles. The molecule has 1 amide bonds. The van der Waals surface area contributed by atoms with E-state index in [0.717, 1.165) is 22.5 Å². The van der Waals surface area contributed by atoms with Crippen molar-refractivity contribution in [1.29, 1.82) is 0 Å². The first-order valence-electron chi connectivity index (χ1n) is 6.47. The molecule has 1 aromatic heterocycles. The van der Waals surface area contributed by atoms with Gasteiger partial charge in [0.05, 0.1) is 30.6 Å². The molecule has 21 heavy (non-hydrogen) atoms. The number of rotatable bonds is 5. The lowest BCUT2D eigenvalue weighted by atomic mass is 10.1. The highest BCUT2D eigenvalue weighted by Crippen LogP contribution is 2.05. The highest BCUT2D eigenvalue weighted by molar-refractivity contribution is 7.80. The maximum absolute atomic E-state index is 11.9. The van der Waals surface area contributed by atoms with Crippen LogP contribution in [-0.4, -0.2) is 20.9 Å². The first kappa shape index (κ1) is 15.1. The van der Waals surface area contributed by atoms with Crippen LogP contribution in [0, 0.1) is 6.92 Å². The van der Waals surface area contributed by atoms with E-state index >= 15 is 0 Å². The number of benzene rings is 1. The van der Waals surface area contributed by atoms with Crippen molar-refractivity contribution in [2.24, 2.45) is 5.73 Å². The number of nitrogens with zero attached hydrogens (tertiary/aromatic N) is 2. The van der Waals surface area contributed by atoms with Crippen LogP contribution < -0.4 is 11.1 Å². The van der Waals surface area contributed by atoms with E-state index in [1.165, 1.54) is 0 Å². The fraction of sp³-hybridized carbons (Fsp3) is 0.200. The van der Waals surface area contributed by atoms with Crippen molar-refractivity contribution in [3.05, 3.63) is 59.2 Å². The van der Waals surface area contributed by atoms with Gasteiger partial charge in [0.1, 0.15) is 4.99 Å². The zero-order valence-corrected chi connectivity index (χ0v) is 12.5. The number of nitrogens with one attached hydrogen (secondary N) is 1. The summed E-state index contributed by atoms with van der Waals surface area (Å²) in [5, 5.41) is 2.81. The largest absolute Gasteiger partial charge is 0.389 e. The van der Waals surface area contributed by atoms with Gasteiger partial charge in [0, 0.05) is 11.8 Å². The third-order valence-electron chi connectivity index (χ3n) is 2.90. The Morgan fingerprint density at radius 1 is 1.24 bits per heavy atom. The van der Waals surface area contributed by atoms with Gasteiger partial charge < -0.3 is 11.1 Å². The third-order valence-corrected chi connectivity index (χ3v) is 3.14. The van der Waals surface area contributed by atoms with E-state index in [-0.39, 0.29) is 5.91 Å². The molecule has 0 saturated heterocycles. The van der Waals surface area contributed by atoms with Crippen molar-refractivity contribution in [2.45, 2.75) is 19.9 Å². The first-order chi connectivity index (χ1) is 10.0. The van der Waals surface area contributed by atoms with Crippen LogP contribution in [0.4, 0.5) is 0 Å². The monoisotopic (exact) mass is 300 g/mol. The van der Waals surface area contributed by atoms with Gasteiger partial charge in [0.2, 0.25) is 5.91 Å². The highest BCUT2D eigenvalue weighted by atomic mass is 32.1. The Kier molecular flexibility index (Phi) is 4.94. The Labute approximate surface area is 128 Å². The van der Waals surface area contributed by atoms with Gasteiger partial charge in [-0.1, -0.05) is 36.5 Å². The predicted molar refractivity (Wildman–Crippen MR) is 84.6 cm³/mol. The molecule has 1 heterocycles. The molecule has 3 N–H and O–H groups in total. The van der Waals surface area contributed by atoms with Crippen molar-refractivity contribution in [2.75, 3.05) is 0 Å². The average Bonchev–Trinajstić information content (AvgIpc) is 2.47. The molecule has 0 saturated carbocycles. The summed E-state index contributed by atoms with van der Waals surface area (Å²) >= 11 is 4.88. The maximum Gasteiger partial charge on any atom is 0.224 e. The summed E-state index contributed by atoms with van der Waals surface area (Å²) in [5.74, 6) is -0.0690. The van der Waals surface area contributed by atoms with Crippen molar-refractivity contribution >= 4 is 23.1 Å². The second kappa shape index (κ2) is 6.90. The minimum absolute atomic E-state index is 0.0690. The second-order valence-corrected chi connectivity index (χ2v) is 5.10. The van der Waals surface area contributed by atoms with E-state index in [1.807, 2.05) is 31.2 Å². The van der Waals surface area contributed by atoms with Crippen molar-refractivity contribution in [3.63, 3.8) is 0 Å². The summed E-state index contributed by atoms with van der Waals surface area (Å²) < 4.78 is 0. The predicted octanol–water partition coefficient (Wildman–Crippen LogP) is 1.28. The number of amides is 1. The highest BCUT2D eigenvalue weighted by Gasteiger charge is 2.05. The number of carbonyl (C=O) groups is 1. The van der Waals surface area contributed by atoms with Crippen LogP contribution in [0.15, 0.2) is 36.7 Å². The number of nitrogens with two attached hydrogens (primary N) is 1. The van der Waals surface area contributed by atoms with Crippen LogP contribution in [0.5, 0.6) is 0 Å². The minimum atomic E-state index is -0.0690. The standard InChI is InChI=1S/C15H16N4OS/c1-10-7-18-13(8-17-10)9-19-14(20)6-11-2-4-12(5-3-11)15(16)21/h2-5,7-8H,6,9H2,1H3,(H2,16,21)(H,19,20). The van der Waals surface area contributed by atoms with Crippen molar-refractivity contribution < 1.29 is 4.79 Å². The van der Waals surface area contributed by atoms with Gasteiger partial charge in [0.15, 0.2) is 0 Å². The molecule has 0 bridgehead atoms. The Balaban J connectivity index is 1.86. The zero-order valence-electron chi connectivity index (χ0n) is 11.7. The van der Waals surface area contributed by atoms with Crippen LogP contribution in [0.3, 0.4) is 0 Å². The number of thiocarbonyl (C=S) groups is 1. The number of aryl methyl sites for hydroxylation is 1. The molecule has 5 nitrogen and oxygen atoms in total. The summed E-state index contributed by atoms with van der Waals surface area (Å²) in [6, 6.07) is 7.33. The van der Waals surface area contributed by atoms with Gasteiger partial charge >= 0.3 is 0 Å². The topological polar surface area (TPSA) is 80.9 Å². The van der Waals surface area contributed by atoms with Gasteiger partial charge in [0.25, 0.3) is 0 Å². The zero-order chi connectivity index (χ0) is 15.2. The summed E-state index contributed by atoms with van der Waals surface area (Å²) in [4.78, 5) is 20.5. The van der Waals surface area contributed by atoms with Crippen LogP contribution in [0.1, 0.15) is 22.5 Å². The Morgan fingerprint density at radius 3 is 2.52 bits per heavy atom. The molecule has 0 radical (unpaired) electrons. The lowest BCUT2D eigenvalue weighted by Gasteiger charge is -2.06. The molecule has 2 rings (SSSR count). The van der Waals surface area contributed by atoms with E-state index in [2.05, 4.69) is 15.3 Å². The molecule has 0 unspecified atom stereocenters. The third kappa shape index (κ3) is 4.61. The molecular weight excluding hydrogens is 284 g/mol. The van der Waals surface area contributed by atoms with Crippen molar-refractivity contribution in [3.8, 4) is 0 Å². The SMILES string of the molecule is Cc1cnc(CNC(=O)Cc2ccc(C(N)=S)cc2)cn1. The van der Waals surface area contributed by atoms with E-state index in [9.17, 15) is 4.79 Å². The molecule has 0 aliphatic rings. The van der Waals surface area contributed by atoms with Gasteiger partial charge in [-0.3, -0.25) is 14.8 Å². The molecule has 108 valence electrons. The second-order valence-electron chi connectivity index (χ2n) is 4.66. The van der Waals surface area contributed by atoms with Gasteiger partial charge in [-0.2, -0.15) is 0 Å². The van der Waals surface area contributed by atoms with Gasteiger partial charge in [-0.25, -0.2) is 0 Å². The Hall–Kier alpha value is -2.34. The summed E-state index contributed by atoms with van der Waals surface area (Å²) in [6.07, 6.45) is 3.64. The minimum Gasteiger partial charge on any atom is -0.389 e. The quantitative estimate of drug-likeness (QED) is 0.813. The lowest BCUT2D eigenvalue weighted by molar-refractivity contribution is -0.120. The smallest absolute Gasteiger partial charge is 0.224 e. The van der Waals surface area contributed by atoms with Crippen LogP contribution >= 0.6 is 12.2 Å². The molecule has 2 aromatic rings. The number of hydrogen-bond acceptors (Lipinski definition) is 4. The Bertz CT molecular complexity index is 638. The fourth-order valence-electron chi connectivity index (χ4n) is 1.73. The summed E-state index contributed by atoms with van der Waals surface area (Å²) in [7, 11) is 0. The van der Waals surface area contributed by atoms with Crippen molar-refractivity contribution in [1.82, 2.24) is 15.3 Å². The molecular formula is C15H16N4OS. The molecule has 0 atom stereocenters. The maximum atomic E-state index is 11.9. The van der Waals surface area contributed by atoms with Crippen LogP contribution in [-0.2, 0) is 17.8 Å². The fourth-order valence-corrected chi connectivity index (χ4v) is 1.87. The summed E-state index contributed by atoms with van der Waals surface area (Å²) in [5.41, 5.74) is 8.81. The normalized spacial score (nSPS) is 10.1. The van der Waals surface area contributed by atoms with E-state index in [1.54, 1.807) is 12.4 Å². The van der Waals surface area contributed by atoms with Gasteiger partial charge in [-0.05, 0) is 12.5 Å². The van der Waals surface area contributed by atoms with E-state index < -0.39 is 0 Å².